The summed E-state index contributed by atoms with van der Waals surface area (Å²) in [4.78, 5) is 36.5. The Morgan fingerprint density at radius 1 is 1.00 bits per heavy atom. The van der Waals surface area contributed by atoms with Crippen molar-refractivity contribution in [3.05, 3.63) is 48.4 Å². The van der Waals surface area contributed by atoms with Gasteiger partial charge in [-0.2, -0.15) is 0 Å². The summed E-state index contributed by atoms with van der Waals surface area (Å²) in [6, 6.07) is 1.69. The molecule has 0 bridgehead atoms. The predicted octanol–water partition coefficient (Wildman–Crippen LogP) is 1.45. The molecule has 2 aliphatic heterocycles. The molecule has 0 aromatic carbocycles. The van der Waals surface area contributed by atoms with Gasteiger partial charge in [0.15, 0.2) is 0 Å². The van der Waals surface area contributed by atoms with E-state index in [4.69, 9.17) is 4.42 Å². The zero-order valence-electron chi connectivity index (χ0n) is 13.2. The van der Waals surface area contributed by atoms with Crippen LogP contribution in [0.25, 0.3) is 0 Å². The number of amides is 2. The second kappa shape index (κ2) is 5.74. The van der Waals surface area contributed by atoms with Gasteiger partial charge in [-0.25, -0.2) is 9.97 Å². The van der Waals surface area contributed by atoms with E-state index in [2.05, 4.69) is 9.97 Å². The van der Waals surface area contributed by atoms with Crippen molar-refractivity contribution in [3.63, 3.8) is 0 Å². The lowest BCUT2D eigenvalue weighted by molar-refractivity contribution is 0.0754. The molecule has 4 heterocycles. The van der Waals surface area contributed by atoms with Gasteiger partial charge in [0.2, 0.25) is 0 Å². The highest BCUT2D eigenvalue weighted by atomic mass is 16.3. The number of furan rings is 1. The van der Waals surface area contributed by atoms with Crippen molar-refractivity contribution < 1.29 is 14.0 Å². The first-order chi connectivity index (χ1) is 11.7. The molecule has 0 aliphatic carbocycles. The van der Waals surface area contributed by atoms with Crippen molar-refractivity contribution in [2.24, 2.45) is 5.41 Å². The first-order valence-corrected chi connectivity index (χ1v) is 8.03. The van der Waals surface area contributed by atoms with Gasteiger partial charge in [-0.1, -0.05) is 0 Å². The average Bonchev–Trinajstić information content (AvgIpc) is 3.37. The third-order valence-corrected chi connectivity index (χ3v) is 5.03. The molecule has 24 heavy (non-hydrogen) atoms. The zero-order valence-corrected chi connectivity index (χ0v) is 13.2. The number of hydrogen-bond acceptors (Lipinski definition) is 5. The molecular weight excluding hydrogens is 308 g/mol. The number of nitrogens with zero attached hydrogens (tertiary/aromatic N) is 4. The Kier molecular flexibility index (Phi) is 3.55. The van der Waals surface area contributed by atoms with Crippen molar-refractivity contribution in [1.29, 1.82) is 0 Å². The van der Waals surface area contributed by atoms with E-state index in [1.807, 2.05) is 9.80 Å². The molecule has 2 aromatic heterocycles. The normalized spacial score (nSPS) is 23.2. The molecule has 7 heteroatoms. The third kappa shape index (κ3) is 2.55. The fourth-order valence-electron chi connectivity index (χ4n) is 3.71. The summed E-state index contributed by atoms with van der Waals surface area (Å²) in [6.07, 6.45) is 9.34. The van der Waals surface area contributed by atoms with Crippen molar-refractivity contribution in [2.45, 2.75) is 12.8 Å². The Balaban J connectivity index is 1.43. The minimum Gasteiger partial charge on any atom is -0.472 e. The highest BCUT2D eigenvalue weighted by molar-refractivity contribution is 5.94. The van der Waals surface area contributed by atoms with Gasteiger partial charge < -0.3 is 14.2 Å². The van der Waals surface area contributed by atoms with Crippen molar-refractivity contribution >= 4 is 11.8 Å². The first-order valence-electron chi connectivity index (χ1n) is 8.03. The summed E-state index contributed by atoms with van der Waals surface area (Å²) >= 11 is 0. The Labute approximate surface area is 139 Å². The molecule has 4 rings (SSSR count). The number of likely N-dealkylation sites (tertiary alicyclic amines) is 2. The summed E-state index contributed by atoms with van der Waals surface area (Å²) in [6.45, 7) is 2.80. The van der Waals surface area contributed by atoms with Crippen molar-refractivity contribution in [2.75, 3.05) is 26.2 Å². The molecule has 2 saturated heterocycles. The largest absolute Gasteiger partial charge is 0.472 e. The van der Waals surface area contributed by atoms with Gasteiger partial charge in [0.05, 0.1) is 17.4 Å². The number of carbonyl (C=O) groups is 2. The lowest BCUT2D eigenvalue weighted by atomic mass is 9.86. The van der Waals surface area contributed by atoms with Crippen LogP contribution < -0.4 is 0 Å². The maximum absolute atomic E-state index is 12.5. The van der Waals surface area contributed by atoms with Crippen molar-refractivity contribution in [1.82, 2.24) is 19.8 Å². The van der Waals surface area contributed by atoms with E-state index in [0.717, 1.165) is 19.4 Å². The monoisotopic (exact) mass is 326 g/mol. The average molecular weight is 326 g/mol. The molecule has 1 unspecified atom stereocenters. The standard InChI is InChI=1S/C17H18N4O3/c22-15(13-1-6-24-9-13)20-4-2-17(10-20)3-5-21(11-17)16(23)14-7-18-12-19-8-14/h1,6-9,12H,2-5,10-11H2. The SMILES string of the molecule is O=C(c1cncnc1)N1CCC2(CCN(C(=O)c3ccoc3)C2)C1. The third-order valence-electron chi connectivity index (χ3n) is 5.03. The van der Waals surface area contributed by atoms with Crippen LogP contribution in [0.5, 0.6) is 0 Å². The number of rotatable bonds is 2. The van der Waals surface area contributed by atoms with Crippen LogP contribution in [0, 0.1) is 5.41 Å². The van der Waals surface area contributed by atoms with Gasteiger partial charge in [-0.3, -0.25) is 9.59 Å². The number of aromatic nitrogens is 2. The molecule has 0 radical (unpaired) electrons. The topological polar surface area (TPSA) is 79.5 Å². The summed E-state index contributed by atoms with van der Waals surface area (Å²) in [5, 5.41) is 0. The summed E-state index contributed by atoms with van der Waals surface area (Å²) in [5.74, 6) is -0.0334. The van der Waals surface area contributed by atoms with Crippen LogP contribution in [-0.2, 0) is 0 Å². The Hall–Kier alpha value is -2.70. The summed E-state index contributed by atoms with van der Waals surface area (Å²) in [5.41, 5.74) is 1.10. The van der Waals surface area contributed by atoms with Gasteiger partial charge in [0.1, 0.15) is 12.6 Å². The molecule has 2 amide bonds. The van der Waals surface area contributed by atoms with E-state index < -0.39 is 0 Å². The zero-order chi connectivity index (χ0) is 16.6. The Bertz CT molecular complexity index is 746. The van der Waals surface area contributed by atoms with Gasteiger partial charge >= 0.3 is 0 Å². The fraction of sp³-hybridized carbons (Fsp3) is 0.412. The number of hydrogen-bond donors (Lipinski definition) is 0. The second-order valence-electron chi connectivity index (χ2n) is 6.59. The van der Waals surface area contributed by atoms with Gasteiger partial charge in [0, 0.05) is 44.0 Å². The molecule has 2 fully saturated rings. The molecule has 7 nitrogen and oxygen atoms in total. The summed E-state index contributed by atoms with van der Waals surface area (Å²) < 4.78 is 5.00. The fourth-order valence-corrected chi connectivity index (χ4v) is 3.71. The Morgan fingerprint density at radius 2 is 1.62 bits per heavy atom. The van der Waals surface area contributed by atoms with Crippen LogP contribution >= 0.6 is 0 Å². The highest BCUT2D eigenvalue weighted by Gasteiger charge is 2.46. The van der Waals surface area contributed by atoms with Crippen LogP contribution in [0.1, 0.15) is 33.6 Å². The minimum absolute atomic E-state index is 0.00172. The molecule has 124 valence electrons. The highest BCUT2D eigenvalue weighted by Crippen LogP contribution is 2.40. The molecule has 0 N–H and O–H groups in total. The molecule has 1 atom stereocenters. The van der Waals surface area contributed by atoms with Crippen LogP contribution in [0.2, 0.25) is 0 Å². The van der Waals surface area contributed by atoms with Gasteiger partial charge in [-0.15, -0.1) is 0 Å². The van der Waals surface area contributed by atoms with E-state index in [-0.39, 0.29) is 17.2 Å². The molecule has 0 saturated carbocycles. The number of carbonyl (C=O) groups excluding carboxylic acids is 2. The van der Waals surface area contributed by atoms with Gasteiger partial charge in [-0.05, 0) is 18.9 Å². The molecule has 2 aromatic rings. The van der Waals surface area contributed by atoms with E-state index in [0.29, 0.717) is 30.8 Å². The predicted molar refractivity (Wildman–Crippen MR) is 84.2 cm³/mol. The maximum atomic E-state index is 12.5. The second-order valence-corrected chi connectivity index (χ2v) is 6.59. The van der Waals surface area contributed by atoms with E-state index in [1.54, 1.807) is 18.5 Å². The molecular formula is C17H18N4O3. The van der Waals surface area contributed by atoms with Crippen LogP contribution in [-0.4, -0.2) is 57.8 Å². The molecule has 2 aliphatic rings. The maximum Gasteiger partial charge on any atom is 0.257 e. The van der Waals surface area contributed by atoms with E-state index >= 15 is 0 Å². The van der Waals surface area contributed by atoms with Crippen LogP contribution in [0.15, 0.2) is 41.7 Å². The first kappa shape index (κ1) is 14.9. The van der Waals surface area contributed by atoms with Crippen molar-refractivity contribution in [3.8, 4) is 0 Å². The lowest BCUT2D eigenvalue weighted by Gasteiger charge is -2.24. The van der Waals surface area contributed by atoms with E-state index in [9.17, 15) is 9.59 Å². The van der Waals surface area contributed by atoms with E-state index in [1.165, 1.54) is 18.9 Å². The quantitative estimate of drug-likeness (QED) is 0.834. The van der Waals surface area contributed by atoms with Crippen LogP contribution in [0.3, 0.4) is 0 Å². The van der Waals surface area contributed by atoms with Crippen LogP contribution in [0.4, 0.5) is 0 Å². The molecule has 1 spiro atoms. The van der Waals surface area contributed by atoms with Gasteiger partial charge in [0.25, 0.3) is 11.8 Å². The minimum atomic E-state index is -0.0351. The smallest absolute Gasteiger partial charge is 0.257 e. The Morgan fingerprint density at radius 3 is 2.21 bits per heavy atom. The lowest BCUT2D eigenvalue weighted by Crippen LogP contribution is -2.35. The summed E-state index contributed by atoms with van der Waals surface area (Å²) in [7, 11) is 0.